The number of rotatable bonds is 3. The van der Waals surface area contributed by atoms with E-state index in [0.717, 1.165) is 11.8 Å². The Hall–Kier alpha value is -1.04. The molecule has 0 rings (SSSR count). The Kier molecular flexibility index (Phi) is 4.28. The lowest BCUT2D eigenvalue weighted by Crippen LogP contribution is -2.10. The van der Waals surface area contributed by atoms with Gasteiger partial charge in [0.15, 0.2) is 5.04 Å². The molecule has 0 amide bonds. The number of nitrogens with one attached hydrogen (secondary N) is 2. The van der Waals surface area contributed by atoms with Crippen LogP contribution in [0.4, 0.5) is 0 Å². The molecule has 0 atom stereocenters. The summed E-state index contributed by atoms with van der Waals surface area (Å²) in [5.41, 5.74) is -0.208. The summed E-state index contributed by atoms with van der Waals surface area (Å²) in [5.74, 6) is 0. The van der Waals surface area contributed by atoms with Crippen LogP contribution < -0.4 is 5.32 Å². The molecule has 0 saturated carbocycles. The van der Waals surface area contributed by atoms with Gasteiger partial charge in [0.05, 0.1) is 11.1 Å². The van der Waals surface area contributed by atoms with Crippen LogP contribution in [0.3, 0.4) is 0 Å². The van der Waals surface area contributed by atoms with Crippen molar-refractivity contribution in [1.82, 2.24) is 5.32 Å². The minimum Gasteiger partial charge on any atom is -0.388 e. The maximum Gasteiger partial charge on any atom is 0.316 e. The zero-order chi connectivity index (χ0) is 8.85. The minimum absolute atomic E-state index is 0.0515. The highest BCUT2D eigenvalue weighted by Crippen LogP contribution is 2.06. The zero-order valence-electron chi connectivity index (χ0n) is 6.25. The van der Waals surface area contributed by atoms with Crippen LogP contribution >= 0.6 is 11.8 Å². The SMILES string of the molecule is CN/C=C(\C(=N)SC)[N+](=O)[O-]. The highest BCUT2D eigenvalue weighted by molar-refractivity contribution is 8.13. The Bertz CT molecular complexity index is 202. The standard InChI is InChI=1S/C5H9N3O2S/c1-7-3-4(8(9)10)5(6)11-2/h3,6-7H,1-2H3/b4-3+,6-5?. The van der Waals surface area contributed by atoms with E-state index in [2.05, 4.69) is 5.32 Å². The fourth-order valence-corrected chi connectivity index (χ4v) is 0.785. The summed E-state index contributed by atoms with van der Waals surface area (Å²) in [4.78, 5) is 9.64. The number of hydrogen-bond donors (Lipinski definition) is 2. The maximum absolute atomic E-state index is 10.2. The average molecular weight is 175 g/mol. The molecular weight excluding hydrogens is 166 g/mol. The molecular formula is C5H9N3O2S. The molecule has 0 unspecified atom stereocenters. The second-order valence-electron chi connectivity index (χ2n) is 1.61. The third kappa shape index (κ3) is 3.03. The molecule has 62 valence electrons. The Balaban J connectivity index is 4.48. The number of nitro groups is 1. The van der Waals surface area contributed by atoms with Gasteiger partial charge in [-0.25, -0.2) is 0 Å². The van der Waals surface area contributed by atoms with Gasteiger partial charge in [0, 0.05) is 7.05 Å². The fraction of sp³-hybridized carbons (Fsp3) is 0.400. The molecule has 5 nitrogen and oxygen atoms in total. The summed E-state index contributed by atoms with van der Waals surface area (Å²) in [7, 11) is 1.55. The predicted molar refractivity (Wildman–Crippen MR) is 45.4 cm³/mol. The van der Waals surface area contributed by atoms with E-state index in [9.17, 15) is 10.1 Å². The van der Waals surface area contributed by atoms with Crippen LogP contribution in [0.5, 0.6) is 0 Å². The van der Waals surface area contributed by atoms with E-state index in [0.29, 0.717) is 0 Å². The molecule has 0 spiro atoms. The van der Waals surface area contributed by atoms with E-state index in [1.54, 1.807) is 13.3 Å². The second kappa shape index (κ2) is 4.73. The molecule has 0 aromatic heterocycles. The first-order valence-electron chi connectivity index (χ1n) is 2.78. The summed E-state index contributed by atoms with van der Waals surface area (Å²) >= 11 is 1.03. The molecule has 0 bridgehead atoms. The van der Waals surface area contributed by atoms with Gasteiger partial charge in [0.1, 0.15) is 0 Å². The summed E-state index contributed by atoms with van der Waals surface area (Å²) in [6.07, 6.45) is 2.81. The van der Waals surface area contributed by atoms with Crippen molar-refractivity contribution >= 4 is 16.8 Å². The van der Waals surface area contributed by atoms with Crippen molar-refractivity contribution in [2.45, 2.75) is 0 Å². The number of hydrogen-bond acceptors (Lipinski definition) is 5. The molecule has 0 aromatic rings. The Morgan fingerprint density at radius 2 is 2.36 bits per heavy atom. The van der Waals surface area contributed by atoms with Gasteiger partial charge >= 0.3 is 5.70 Å². The van der Waals surface area contributed by atoms with Gasteiger partial charge in [-0.05, 0) is 6.26 Å². The van der Waals surface area contributed by atoms with Gasteiger partial charge in [-0.3, -0.25) is 15.5 Å². The van der Waals surface area contributed by atoms with Crippen molar-refractivity contribution in [2.75, 3.05) is 13.3 Å². The highest BCUT2D eigenvalue weighted by atomic mass is 32.2. The van der Waals surface area contributed by atoms with E-state index >= 15 is 0 Å². The van der Waals surface area contributed by atoms with E-state index in [1.165, 1.54) is 6.20 Å². The van der Waals surface area contributed by atoms with Gasteiger partial charge < -0.3 is 5.32 Å². The average Bonchev–Trinajstić information content (AvgIpc) is 1.98. The molecule has 0 fully saturated rings. The smallest absolute Gasteiger partial charge is 0.316 e. The summed E-state index contributed by atoms with van der Waals surface area (Å²) in [6, 6.07) is 0. The van der Waals surface area contributed by atoms with Crippen molar-refractivity contribution < 1.29 is 4.92 Å². The lowest BCUT2D eigenvalue weighted by atomic mass is 10.5. The van der Waals surface area contributed by atoms with Gasteiger partial charge in [-0.1, -0.05) is 0 Å². The fourth-order valence-electron chi connectivity index (χ4n) is 0.442. The third-order valence-corrected chi connectivity index (χ3v) is 1.53. The molecule has 0 saturated heterocycles. The van der Waals surface area contributed by atoms with Crippen LogP contribution in [0.2, 0.25) is 0 Å². The lowest BCUT2D eigenvalue weighted by molar-refractivity contribution is -0.415. The van der Waals surface area contributed by atoms with E-state index in [4.69, 9.17) is 5.41 Å². The van der Waals surface area contributed by atoms with Gasteiger partial charge in [-0.2, -0.15) is 0 Å². The minimum atomic E-state index is -0.588. The number of nitrogens with zero attached hydrogens (tertiary/aromatic N) is 1. The molecule has 0 aliphatic rings. The van der Waals surface area contributed by atoms with E-state index in [1.807, 2.05) is 0 Å². The van der Waals surface area contributed by atoms with Crippen LogP contribution in [0.1, 0.15) is 0 Å². The second-order valence-corrected chi connectivity index (χ2v) is 2.43. The summed E-state index contributed by atoms with van der Waals surface area (Å²) in [5, 5.41) is 19.8. The Morgan fingerprint density at radius 3 is 2.64 bits per heavy atom. The monoisotopic (exact) mass is 175 g/mol. The van der Waals surface area contributed by atoms with Gasteiger partial charge in [0.2, 0.25) is 0 Å². The van der Waals surface area contributed by atoms with Crippen LogP contribution in [0, 0.1) is 15.5 Å². The quantitative estimate of drug-likeness (QED) is 0.286. The topological polar surface area (TPSA) is 79.0 Å². The van der Waals surface area contributed by atoms with Crippen LogP contribution in [0.15, 0.2) is 11.9 Å². The van der Waals surface area contributed by atoms with Crippen molar-refractivity contribution in [3.63, 3.8) is 0 Å². The lowest BCUT2D eigenvalue weighted by Gasteiger charge is -1.95. The molecule has 0 heterocycles. The summed E-state index contributed by atoms with van der Waals surface area (Å²) < 4.78 is 0. The highest BCUT2D eigenvalue weighted by Gasteiger charge is 2.15. The molecule has 0 aromatic carbocycles. The van der Waals surface area contributed by atoms with Crippen molar-refractivity contribution in [3.05, 3.63) is 22.0 Å². The maximum atomic E-state index is 10.2. The van der Waals surface area contributed by atoms with Gasteiger partial charge in [-0.15, -0.1) is 11.8 Å². The molecule has 11 heavy (non-hydrogen) atoms. The van der Waals surface area contributed by atoms with Crippen molar-refractivity contribution in [2.24, 2.45) is 0 Å². The predicted octanol–water partition coefficient (Wildman–Crippen LogP) is 0.664. The first-order chi connectivity index (χ1) is 5.13. The third-order valence-electron chi connectivity index (χ3n) is 0.915. The largest absolute Gasteiger partial charge is 0.388 e. The molecule has 0 aliphatic carbocycles. The van der Waals surface area contributed by atoms with E-state index < -0.39 is 4.92 Å². The Labute approximate surface area is 68.5 Å². The normalized spacial score (nSPS) is 10.9. The Morgan fingerprint density at radius 1 is 1.82 bits per heavy atom. The molecule has 2 N–H and O–H groups in total. The molecule has 0 radical (unpaired) electrons. The number of thioether (sulfide) groups is 1. The summed E-state index contributed by atoms with van der Waals surface area (Å²) in [6.45, 7) is 0. The van der Waals surface area contributed by atoms with Crippen LogP contribution in [0.25, 0.3) is 0 Å². The van der Waals surface area contributed by atoms with Gasteiger partial charge in [0.25, 0.3) is 0 Å². The molecule has 0 aliphatic heterocycles. The van der Waals surface area contributed by atoms with Crippen molar-refractivity contribution in [3.8, 4) is 0 Å². The van der Waals surface area contributed by atoms with Crippen molar-refractivity contribution in [1.29, 1.82) is 5.41 Å². The molecule has 6 heteroatoms. The zero-order valence-corrected chi connectivity index (χ0v) is 7.07. The first kappa shape index (κ1) is 9.96. The van der Waals surface area contributed by atoms with Crippen LogP contribution in [-0.2, 0) is 0 Å². The van der Waals surface area contributed by atoms with Crippen LogP contribution in [-0.4, -0.2) is 23.3 Å². The van der Waals surface area contributed by atoms with E-state index in [-0.39, 0.29) is 10.7 Å². The first-order valence-corrected chi connectivity index (χ1v) is 4.00.